The largest absolute Gasteiger partial charge is 0.337 e. The lowest BCUT2D eigenvalue weighted by molar-refractivity contribution is 0.0759. The van der Waals surface area contributed by atoms with Crippen LogP contribution in [0.1, 0.15) is 22.2 Å². The predicted molar refractivity (Wildman–Crippen MR) is 106 cm³/mol. The second kappa shape index (κ2) is 7.31. The van der Waals surface area contributed by atoms with E-state index in [4.69, 9.17) is 11.6 Å². The van der Waals surface area contributed by atoms with Crippen molar-refractivity contribution >= 4 is 38.7 Å². The summed E-state index contributed by atoms with van der Waals surface area (Å²) < 4.78 is 25.2. The molecule has 0 saturated carbocycles. The zero-order chi connectivity index (χ0) is 19.1. The Morgan fingerprint density at radius 3 is 2.62 bits per heavy atom. The summed E-state index contributed by atoms with van der Waals surface area (Å²) in [6.07, 6.45) is 0. The zero-order valence-electron chi connectivity index (χ0n) is 15.0. The maximum absolute atomic E-state index is 12.9. The molecule has 1 aromatic heterocycles. The lowest BCUT2D eigenvalue weighted by atomic mass is 10.1. The highest BCUT2D eigenvalue weighted by Crippen LogP contribution is 2.43. The molecular weight excluding hydrogens is 392 g/mol. The first kappa shape index (κ1) is 19.4. The molecule has 1 aromatic carbocycles. The predicted octanol–water partition coefficient (Wildman–Crippen LogP) is 3.38. The number of likely N-dealkylation sites (N-methyl/N-ethyl adjacent to an activating group) is 2. The van der Waals surface area contributed by atoms with Crippen LogP contribution in [-0.2, 0) is 15.6 Å². The summed E-state index contributed by atoms with van der Waals surface area (Å²) in [5, 5.41) is 0.393. The minimum absolute atomic E-state index is 0.0540. The standard InChI is InChI=1S/C18H21ClN2O3S2/c1-4-21(8-7-20(2)3)18(22)15-9-12-11-26(23,24)16-10-13(19)5-6-14(16)17(12)25-15/h5-6,9-10H,4,7-8,11H2,1-3H3. The number of halogens is 1. The van der Waals surface area contributed by atoms with Crippen molar-refractivity contribution in [3.8, 4) is 10.4 Å². The number of nitrogens with zero attached hydrogens (tertiary/aromatic N) is 2. The van der Waals surface area contributed by atoms with Gasteiger partial charge in [-0.05, 0) is 44.8 Å². The molecular formula is C18H21ClN2O3S2. The average molecular weight is 413 g/mol. The molecule has 3 rings (SSSR count). The van der Waals surface area contributed by atoms with Crippen molar-refractivity contribution in [1.82, 2.24) is 9.80 Å². The van der Waals surface area contributed by atoms with Crippen molar-refractivity contribution in [2.75, 3.05) is 33.7 Å². The first-order chi connectivity index (χ1) is 12.2. The van der Waals surface area contributed by atoms with E-state index in [1.165, 1.54) is 17.4 Å². The maximum Gasteiger partial charge on any atom is 0.263 e. The van der Waals surface area contributed by atoms with Crippen LogP contribution in [0, 0.1) is 0 Å². The van der Waals surface area contributed by atoms with E-state index >= 15 is 0 Å². The highest BCUT2D eigenvalue weighted by molar-refractivity contribution is 7.91. The van der Waals surface area contributed by atoms with E-state index in [1.54, 1.807) is 23.1 Å². The van der Waals surface area contributed by atoms with Gasteiger partial charge in [0.2, 0.25) is 0 Å². The lowest BCUT2D eigenvalue weighted by Crippen LogP contribution is -2.36. The van der Waals surface area contributed by atoms with Crippen molar-refractivity contribution in [2.45, 2.75) is 17.6 Å². The van der Waals surface area contributed by atoms with Crippen molar-refractivity contribution in [3.05, 3.63) is 39.7 Å². The van der Waals surface area contributed by atoms with Gasteiger partial charge in [-0.25, -0.2) is 8.42 Å². The van der Waals surface area contributed by atoms with Crippen molar-refractivity contribution in [3.63, 3.8) is 0 Å². The van der Waals surface area contributed by atoms with Gasteiger partial charge >= 0.3 is 0 Å². The number of hydrogen-bond acceptors (Lipinski definition) is 5. The van der Waals surface area contributed by atoms with Gasteiger partial charge < -0.3 is 9.80 Å². The molecule has 1 aliphatic rings. The number of hydrogen-bond donors (Lipinski definition) is 0. The number of sulfone groups is 1. The van der Waals surface area contributed by atoms with E-state index in [9.17, 15) is 13.2 Å². The minimum Gasteiger partial charge on any atom is -0.337 e. The average Bonchev–Trinajstić information content (AvgIpc) is 2.98. The summed E-state index contributed by atoms with van der Waals surface area (Å²) in [6.45, 7) is 3.97. The van der Waals surface area contributed by atoms with Gasteiger partial charge in [0.1, 0.15) is 0 Å². The van der Waals surface area contributed by atoms with Crippen molar-refractivity contribution in [1.29, 1.82) is 0 Å². The van der Waals surface area contributed by atoms with Gasteiger partial charge in [0.25, 0.3) is 5.91 Å². The van der Waals surface area contributed by atoms with Crippen molar-refractivity contribution in [2.24, 2.45) is 0 Å². The second-order valence-electron chi connectivity index (χ2n) is 6.55. The molecule has 8 heteroatoms. The molecule has 0 bridgehead atoms. The van der Waals surface area contributed by atoms with Crippen molar-refractivity contribution < 1.29 is 13.2 Å². The first-order valence-corrected chi connectivity index (χ1v) is 11.2. The third-order valence-corrected chi connectivity index (χ3v) is 7.51. The fourth-order valence-electron chi connectivity index (χ4n) is 2.97. The summed E-state index contributed by atoms with van der Waals surface area (Å²) in [5.74, 6) is -0.148. The monoisotopic (exact) mass is 412 g/mol. The molecule has 0 aliphatic carbocycles. The summed E-state index contributed by atoms with van der Waals surface area (Å²) in [7, 11) is 0.488. The van der Waals surface area contributed by atoms with E-state index in [0.717, 1.165) is 11.4 Å². The summed E-state index contributed by atoms with van der Waals surface area (Å²) in [5.41, 5.74) is 1.33. The number of rotatable bonds is 5. The van der Waals surface area contributed by atoms with Crippen LogP contribution in [0.4, 0.5) is 0 Å². The van der Waals surface area contributed by atoms with Crippen LogP contribution in [0.2, 0.25) is 5.02 Å². The van der Waals surface area contributed by atoms with E-state index in [0.29, 0.717) is 34.1 Å². The molecule has 1 aliphatic heterocycles. The molecule has 0 atom stereocenters. The first-order valence-electron chi connectivity index (χ1n) is 8.32. The number of benzene rings is 1. The lowest BCUT2D eigenvalue weighted by Gasteiger charge is -2.22. The number of amides is 1. The van der Waals surface area contributed by atoms with Gasteiger partial charge in [0.15, 0.2) is 9.84 Å². The third-order valence-electron chi connectivity index (χ3n) is 4.37. The Balaban J connectivity index is 1.98. The van der Waals surface area contributed by atoms with Gasteiger partial charge in [-0.15, -0.1) is 11.3 Å². The molecule has 0 radical (unpaired) electrons. The Morgan fingerprint density at radius 1 is 1.23 bits per heavy atom. The molecule has 140 valence electrons. The number of fused-ring (bicyclic) bond motifs is 3. The summed E-state index contributed by atoms with van der Waals surface area (Å²) in [6, 6.07) is 6.63. The molecule has 2 heterocycles. The van der Waals surface area contributed by atoms with E-state index in [-0.39, 0.29) is 16.6 Å². The highest BCUT2D eigenvalue weighted by atomic mass is 35.5. The highest BCUT2D eigenvalue weighted by Gasteiger charge is 2.31. The molecule has 0 saturated heterocycles. The fourth-order valence-corrected chi connectivity index (χ4v) is 6.16. The van der Waals surface area contributed by atoms with Crippen LogP contribution in [0.3, 0.4) is 0 Å². The van der Waals surface area contributed by atoms with Gasteiger partial charge in [-0.3, -0.25) is 4.79 Å². The quantitative estimate of drug-likeness (QED) is 0.755. The third kappa shape index (κ3) is 3.67. The Hall–Kier alpha value is -1.41. The fraction of sp³-hybridized carbons (Fsp3) is 0.389. The molecule has 0 unspecified atom stereocenters. The molecule has 0 fully saturated rings. The molecule has 26 heavy (non-hydrogen) atoms. The zero-order valence-corrected chi connectivity index (χ0v) is 17.3. The molecule has 0 spiro atoms. The smallest absolute Gasteiger partial charge is 0.263 e. The Morgan fingerprint density at radius 2 is 1.96 bits per heavy atom. The second-order valence-corrected chi connectivity index (χ2v) is 10.00. The number of thiophene rings is 1. The normalized spacial score (nSPS) is 14.8. The van der Waals surface area contributed by atoms with E-state index < -0.39 is 9.84 Å². The molecule has 2 aromatic rings. The van der Waals surface area contributed by atoms with E-state index in [2.05, 4.69) is 0 Å². The van der Waals surface area contributed by atoms with Gasteiger partial charge in [-0.1, -0.05) is 17.7 Å². The van der Waals surface area contributed by atoms with Crippen LogP contribution in [0.25, 0.3) is 10.4 Å². The molecule has 5 nitrogen and oxygen atoms in total. The Kier molecular flexibility index (Phi) is 5.44. The molecule has 0 N–H and O–H groups in total. The van der Waals surface area contributed by atoms with Gasteiger partial charge in [0, 0.05) is 35.1 Å². The Bertz CT molecular complexity index is 951. The van der Waals surface area contributed by atoms with Crippen LogP contribution in [-0.4, -0.2) is 57.9 Å². The van der Waals surface area contributed by atoms with Crippen LogP contribution in [0.15, 0.2) is 29.2 Å². The number of carbonyl (C=O) groups is 1. The minimum atomic E-state index is -3.45. The maximum atomic E-state index is 12.9. The topological polar surface area (TPSA) is 57.7 Å². The van der Waals surface area contributed by atoms with Crippen LogP contribution < -0.4 is 0 Å². The van der Waals surface area contributed by atoms with Crippen LogP contribution in [0.5, 0.6) is 0 Å². The Labute approximate surface area is 163 Å². The number of carbonyl (C=O) groups excluding carboxylic acids is 1. The van der Waals surface area contributed by atoms with E-state index in [1.807, 2.05) is 25.9 Å². The summed E-state index contributed by atoms with van der Waals surface area (Å²) in [4.78, 5) is 18.4. The van der Waals surface area contributed by atoms with Gasteiger partial charge in [0.05, 0.1) is 15.5 Å². The van der Waals surface area contributed by atoms with Crippen LogP contribution >= 0.6 is 22.9 Å². The summed E-state index contributed by atoms with van der Waals surface area (Å²) >= 11 is 7.34. The van der Waals surface area contributed by atoms with Gasteiger partial charge in [-0.2, -0.15) is 0 Å². The molecule has 1 amide bonds. The SMILES string of the molecule is CCN(CCN(C)C)C(=O)c1cc2c(s1)-c1ccc(Cl)cc1S(=O)(=O)C2.